The fourth-order valence-corrected chi connectivity index (χ4v) is 9.30. The summed E-state index contributed by atoms with van der Waals surface area (Å²) in [6.45, 7) is 0. The maximum Gasteiger partial charge on any atom is 0.149 e. The van der Waals surface area contributed by atoms with Gasteiger partial charge in [-0.2, -0.15) is 0 Å². The molecule has 12 rings (SSSR count). The van der Waals surface area contributed by atoms with Crippen LogP contribution in [0.1, 0.15) is 0 Å². The van der Waals surface area contributed by atoms with E-state index in [9.17, 15) is 10.2 Å². The van der Waals surface area contributed by atoms with Crippen molar-refractivity contribution in [2.75, 3.05) is 0 Å². The highest BCUT2D eigenvalue weighted by Crippen LogP contribution is 2.44. The van der Waals surface area contributed by atoms with Gasteiger partial charge in [0.1, 0.15) is 34.6 Å². The highest BCUT2D eigenvalue weighted by atomic mass is 16.5. The molecule has 69 heavy (non-hydrogen) atoms. The summed E-state index contributed by atoms with van der Waals surface area (Å²) in [4.78, 5) is 10.7. The Kier molecular flexibility index (Phi) is 10.3. The highest BCUT2D eigenvalue weighted by Gasteiger charge is 2.26. The van der Waals surface area contributed by atoms with E-state index in [1.54, 1.807) is 0 Å². The molecule has 0 aliphatic rings. The summed E-state index contributed by atoms with van der Waals surface area (Å²) in [5.41, 5.74) is 10.2. The molecule has 0 fully saturated rings. The molecule has 0 saturated carbocycles. The molecule has 10 aromatic carbocycles. The molecule has 0 spiro atoms. The first-order chi connectivity index (χ1) is 34.0. The molecule has 0 bridgehead atoms. The van der Waals surface area contributed by atoms with Gasteiger partial charge >= 0.3 is 0 Å². The topological polar surface area (TPSA) is 85.3 Å². The van der Waals surface area contributed by atoms with Crippen LogP contribution in [0.3, 0.4) is 0 Å². The number of imidazole rings is 2. The zero-order valence-corrected chi connectivity index (χ0v) is 37.2. The van der Waals surface area contributed by atoms with Gasteiger partial charge < -0.3 is 14.9 Å². The van der Waals surface area contributed by atoms with Crippen molar-refractivity contribution in [2.24, 2.45) is 0 Å². The second-order valence-corrected chi connectivity index (χ2v) is 16.9. The highest BCUT2D eigenvalue weighted by molar-refractivity contribution is 5.94. The Bertz CT molecular complexity index is 3540. The molecule has 0 amide bonds. The third-order valence-electron chi connectivity index (χ3n) is 12.6. The third kappa shape index (κ3) is 7.64. The van der Waals surface area contributed by atoms with Crippen LogP contribution < -0.4 is 4.74 Å². The van der Waals surface area contributed by atoms with Crippen LogP contribution in [-0.2, 0) is 0 Å². The van der Waals surface area contributed by atoms with Crippen molar-refractivity contribution in [1.29, 1.82) is 0 Å². The molecular weight excluding hydrogens is 849 g/mol. The van der Waals surface area contributed by atoms with Crippen molar-refractivity contribution in [3.63, 3.8) is 0 Å². The van der Waals surface area contributed by atoms with Crippen LogP contribution >= 0.6 is 0 Å². The quantitative estimate of drug-likeness (QED) is 0.143. The Labute approximate surface area is 398 Å². The number of rotatable bonds is 10. The van der Waals surface area contributed by atoms with Gasteiger partial charge in [-0.05, 0) is 94.3 Å². The zero-order valence-electron chi connectivity index (χ0n) is 37.2. The lowest BCUT2D eigenvalue weighted by atomic mass is 10.0. The predicted molar refractivity (Wildman–Crippen MR) is 278 cm³/mol. The molecule has 0 aliphatic carbocycles. The summed E-state index contributed by atoms with van der Waals surface area (Å²) >= 11 is 0. The fourth-order valence-electron chi connectivity index (χ4n) is 9.30. The van der Waals surface area contributed by atoms with Crippen LogP contribution in [0, 0.1) is 0 Å². The van der Waals surface area contributed by atoms with Gasteiger partial charge in [0.05, 0.1) is 33.9 Å². The number of nitrogens with zero attached hydrogens (tertiary/aromatic N) is 4. The van der Waals surface area contributed by atoms with E-state index >= 15 is 0 Å². The fraction of sp³-hybridized carbons (Fsp3) is 0. The molecule has 2 N–H and O–H groups in total. The van der Waals surface area contributed by atoms with Crippen molar-refractivity contribution in [1.82, 2.24) is 19.1 Å². The van der Waals surface area contributed by atoms with Gasteiger partial charge in [-0.15, -0.1) is 0 Å². The molecule has 2 aromatic heterocycles. The molecule has 0 radical (unpaired) electrons. The van der Waals surface area contributed by atoms with E-state index in [2.05, 4.69) is 69.8 Å². The first-order valence-corrected chi connectivity index (χ1v) is 22.8. The van der Waals surface area contributed by atoms with Gasteiger partial charge in [0.15, 0.2) is 0 Å². The summed E-state index contributed by atoms with van der Waals surface area (Å²) in [6, 6.07) is 80.5. The van der Waals surface area contributed by atoms with Crippen LogP contribution in [0.5, 0.6) is 23.0 Å². The summed E-state index contributed by atoms with van der Waals surface area (Å²) in [5.74, 6) is 2.81. The Morgan fingerprint density at radius 2 is 0.623 bits per heavy atom. The van der Waals surface area contributed by atoms with Crippen LogP contribution in [0.2, 0.25) is 0 Å². The normalized spacial score (nSPS) is 11.3. The number of aromatic hydroxyl groups is 2. The maximum absolute atomic E-state index is 11.6. The molecule has 0 atom stereocenters. The maximum atomic E-state index is 11.6. The lowest BCUT2D eigenvalue weighted by Gasteiger charge is -2.16. The van der Waals surface area contributed by atoms with Crippen LogP contribution in [-0.4, -0.2) is 29.3 Å². The number of fused-ring (bicyclic) bond motifs is 2. The van der Waals surface area contributed by atoms with Gasteiger partial charge in [-0.3, -0.25) is 9.13 Å². The molecule has 12 aromatic rings. The average molecular weight is 891 g/mol. The van der Waals surface area contributed by atoms with Crippen molar-refractivity contribution in [3.05, 3.63) is 243 Å². The molecular formula is C62H42N4O3. The molecule has 7 heteroatoms. The van der Waals surface area contributed by atoms with Crippen molar-refractivity contribution < 1.29 is 14.9 Å². The predicted octanol–water partition coefficient (Wildman–Crippen LogP) is 15.6. The average Bonchev–Trinajstić information content (AvgIpc) is 4.00. The van der Waals surface area contributed by atoms with Crippen LogP contribution in [0.15, 0.2) is 243 Å². The Balaban J connectivity index is 0.952. The minimum Gasteiger partial charge on any atom is -0.507 e. The lowest BCUT2D eigenvalue weighted by Crippen LogP contribution is -2.01. The van der Waals surface area contributed by atoms with E-state index in [0.717, 1.165) is 77.9 Å². The Morgan fingerprint density at radius 1 is 0.319 bits per heavy atom. The summed E-state index contributed by atoms with van der Waals surface area (Å²) in [5, 5.41) is 27.2. The van der Waals surface area contributed by atoms with Crippen molar-refractivity contribution in [3.8, 4) is 102 Å². The van der Waals surface area contributed by atoms with Crippen molar-refractivity contribution >= 4 is 21.5 Å². The van der Waals surface area contributed by atoms with E-state index in [1.807, 2.05) is 182 Å². The smallest absolute Gasteiger partial charge is 0.149 e. The number of aromatic nitrogens is 4. The van der Waals surface area contributed by atoms with E-state index in [1.165, 1.54) is 0 Å². The van der Waals surface area contributed by atoms with E-state index in [-0.39, 0.29) is 11.5 Å². The summed E-state index contributed by atoms with van der Waals surface area (Å²) in [7, 11) is 0. The Morgan fingerprint density at radius 3 is 0.971 bits per heavy atom. The number of benzene rings is 10. The van der Waals surface area contributed by atoms with Crippen LogP contribution in [0.4, 0.5) is 0 Å². The zero-order chi connectivity index (χ0) is 46.3. The van der Waals surface area contributed by atoms with E-state index in [4.69, 9.17) is 14.7 Å². The van der Waals surface area contributed by atoms with E-state index < -0.39 is 0 Å². The number of hydrogen-bond donors (Lipinski definition) is 2. The van der Waals surface area contributed by atoms with Gasteiger partial charge in [0, 0.05) is 33.6 Å². The molecule has 0 saturated heterocycles. The summed E-state index contributed by atoms with van der Waals surface area (Å²) < 4.78 is 10.8. The number of hydrogen-bond acceptors (Lipinski definition) is 5. The monoisotopic (exact) mass is 890 g/mol. The van der Waals surface area contributed by atoms with Gasteiger partial charge in [-0.1, -0.05) is 170 Å². The third-order valence-corrected chi connectivity index (χ3v) is 12.6. The van der Waals surface area contributed by atoms with Gasteiger partial charge in [-0.25, -0.2) is 9.97 Å². The largest absolute Gasteiger partial charge is 0.507 e. The van der Waals surface area contributed by atoms with Gasteiger partial charge in [0.2, 0.25) is 0 Å². The minimum atomic E-state index is 0.145. The first kappa shape index (κ1) is 41.0. The Hall–Kier alpha value is -9.46. The SMILES string of the molecule is Oc1cc2ccccc2cc1-c1nc(-c2ccccc2)c(-c2ccccc2)n1-c1ccc(Oc2ccc(-n3c(-c4cc5ccccc5cc4O)nc(-c4ccccc4)c3-c3ccccc3)cc2)cc1. The second-order valence-electron chi connectivity index (χ2n) is 16.9. The minimum absolute atomic E-state index is 0.145. The number of phenols is 2. The number of ether oxygens (including phenoxy) is 1. The molecule has 328 valence electrons. The molecule has 0 aliphatic heterocycles. The summed E-state index contributed by atoms with van der Waals surface area (Å²) in [6.07, 6.45) is 0. The molecule has 2 heterocycles. The first-order valence-electron chi connectivity index (χ1n) is 22.8. The van der Waals surface area contributed by atoms with E-state index in [0.29, 0.717) is 34.3 Å². The second kappa shape index (κ2) is 17.4. The van der Waals surface area contributed by atoms with Crippen LogP contribution in [0.25, 0.3) is 101 Å². The van der Waals surface area contributed by atoms with Crippen molar-refractivity contribution in [2.45, 2.75) is 0 Å². The number of phenolic OH excluding ortho intramolecular Hbond substituents is 2. The van der Waals surface area contributed by atoms with Gasteiger partial charge in [0.25, 0.3) is 0 Å². The molecule has 0 unspecified atom stereocenters. The molecule has 7 nitrogen and oxygen atoms in total. The lowest BCUT2D eigenvalue weighted by molar-refractivity contribution is 0.477. The standard InChI is InChI=1S/C62H42N4O3/c67-55-39-47-27-15-13-25-45(47)37-53(55)61-63-57(41-17-5-1-6-18-41)59(43-21-9-3-10-22-43)65(61)49-29-33-51(34-30-49)69-52-35-31-50(32-36-52)66-60(44-23-11-4-12-24-44)58(42-19-7-2-8-20-42)64-62(66)54-38-46-26-14-16-28-48(46)40-56(54)68/h1-40,67-68H.